The van der Waals surface area contributed by atoms with Gasteiger partial charge in [0.05, 0.1) is 0 Å². The van der Waals surface area contributed by atoms with Gasteiger partial charge in [-0.2, -0.15) is 0 Å². The first-order chi connectivity index (χ1) is 8.75. The normalized spacial score (nSPS) is 26.6. The van der Waals surface area contributed by atoms with Gasteiger partial charge in [0.1, 0.15) is 13.2 Å². The van der Waals surface area contributed by atoms with E-state index >= 15 is 0 Å². The minimum Gasteiger partial charge on any atom is -0.486 e. The van der Waals surface area contributed by atoms with Gasteiger partial charge >= 0.3 is 0 Å². The summed E-state index contributed by atoms with van der Waals surface area (Å²) >= 11 is 0. The first-order valence-corrected chi connectivity index (χ1v) is 6.87. The number of nitrogens with one attached hydrogen (secondary N) is 1. The third-order valence-electron chi connectivity index (χ3n) is 4.01. The highest BCUT2D eigenvalue weighted by Gasteiger charge is 2.30. The average molecular weight is 247 g/mol. The molecule has 1 aromatic rings. The van der Waals surface area contributed by atoms with Gasteiger partial charge in [-0.15, -0.1) is 0 Å². The smallest absolute Gasteiger partial charge is 0.164 e. The lowest BCUT2D eigenvalue weighted by atomic mass is 9.92. The Hall–Kier alpha value is -1.22. The minimum absolute atomic E-state index is 0.550. The van der Waals surface area contributed by atoms with Crippen molar-refractivity contribution in [2.75, 3.05) is 19.8 Å². The van der Waals surface area contributed by atoms with Crippen LogP contribution in [0.3, 0.4) is 0 Å². The van der Waals surface area contributed by atoms with Crippen LogP contribution in [-0.2, 0) is 0 Å². The number of fused-ring (bicyclic) bond motifs is 1. The summed E-state index contributed by atoms with van der Waals surface area (Å²) < 4.78 is 11.5. The van der Waals surface area contributed by atoms with Crippen LogP contribution in [0.4, 0.5) is 0 Å². The zero-order chi connectivity index (χ0) is 12.5. The van der Waals surface area contributed by atoms with Crippen LogP contribution in [0.25, 0.3) is 0 Å². The Morgan fingerprint density at radius 3 is 2.83 bits per heavy atom. The molecule has 3 nitrogen and oxygen atoms in total. The van der Waals surface area contributed by atoms with E-state index < -0.39 is 0 Å². The molecule has 2 aliphatic rings. The summed E-state index contributed by atoms with van der Waals surface area (Å²) in [5.41, 5.74) is 1.31. The molecule has 18 heavy (non-hydrogen) atoms. The summed E-state index contributed by atoms with van der Waals surface area (Å²) in [6.07, 6.45) is 1.19. The van der Waals surface area contributed by atoms with E-state index in [1.807, 2.05) is 6.07 Å². The highest BCUT2D eigenvalue weighted by atomic mass is 16.6. The second-order valence-corrected chi connectivity index (χ2v) is 5.56. The molecule has 2 heterocycles. The zero-order valence-electron chi connectivity index (χ0n) is 11.1. The van der Waals surface area contributed by atoms with Crippen molar-refractivity contribution in [3.8, 4) is 11.5 Å². The first kappa shape index (κ1) is 11.8. The first-order valence-electron chi connectivity index (χ1n) is 6.87. The van der Waals surface area contributed by atoms with Gasteiger partial charge in [-0.25, -0.2) is 0 Å². The topological polar surface area (TPSA) is 30.5 Å². The molecule has 2 unspecified atom stereocenters. The third-order valence-corrected chi connectivity index (χ3v) is 4.01. The largest absolute Gasteiger partial charge is 0.486 e. The summed E-state index contributed by atoms with van der Waals surface area (Å²) in [5, 5.41) is 3.62. The molecule has 1 N–H and O–H groups in total. The van der Waals surface area contributed by atoms with Crippen LogP contribution in [0.2, 0.25) is 0 Å². The summed E-state index contributed by atoms with van der Waals surface area (Å²) in [6, 6.07) is 6.88. The van der Waals surface area contributed by atoms with Gasteiger partial charge in [0.25, 0.3) is 0 Å². The highest BCUT2D eigenvalue weighted by Crippen LogP contribution is 2.40. The molecular formula is C15H21NO2. The lowest BCUT2D eigenvalue weighted by molar-refractivity contribution is 0.169. The van der Waals surface area contributed by atoms with Crippen molar-refractivity contribution < 1.29 is 9.47 Å². The van der Waals surface area contributed by atoms with Crippen molar-refractivity contribution in [3.63, 3.8) is 0 Å². The molecule has 1 fully saturated rings. The molecule has 0 aliphatic carbocycles. The summed E-state index contributed by atoms with van der Waals surface area (Å²) in [7, 11) is 0. The fourth-order valence-corrected chi connectivity index (χ4v) is 2.93. The van der Waals surface area contributed by atoms with Crippen LogP contribution in [0.15, 0.2) is 18.2 Å². The lowest BCUT2D eigenvalue weighted by Crippen LogP contribution is -2.26. The van der Waals surface area contributed by atoms with Gasteiger partial charge in [-0.3, -0.25) is 0 Å². The Labute approximate surface area is 108 Å². The number of hydrogen-bond donors (Lipinski definition) is 1. The molecule has 3 heteroatoms. The van der Waals surface area contributed by atoms with Gasteiger partial charge in [0.15, 0.2) is 11.5 Å². The molecule has 2 atom stereocenters. The van der Waals surface area contributed by atoms with Crippen LogP contribution < -0.4 is 14.8 Å². The van der Waals surface area contributed by atoms with Gasteiger partial charge in [0.2, 0.25) is 0 Å². The van der Waals surface area contributed by atoms with E-state index in [9.17, 15) is 0 Å². The standard InChI is InChI=1S/C15H21NO2/c1-10(2)13-8-11(9-16-13)12-4-3-5-14-15(12)18-7-6-17-14/h3-5,10-11,13,16H,6-9H2,1-2H3. The molecule has 1 aromatic carbocycles. The van der Waals surface area contributed by atoms with Crippen molar-refractivity contribution in [2.24, 2.45) is 5.92 Å². The van der Waals surface area contributed by atoms with Crippen molar-refractivity contribution >= 4 is 0 Å². The maximum absolute atomic E-state index is 5.81. The van der Waals surface area contributed by atoms with Gasteiger partial charge in [-0.1, -0.05) is 26.0 Å². The van der Waals surface area contributed by atoms with Crippen molar-refractivity contribution in [2.45, 2.75) is 32.2 Å². The second kappa shape index (κ2) is 4.81. The van der Waals surface area contributed by atoms with Crippen LogP contribution in [0.1, 0.15) is 31.7 Å². The third kappa shape index (κ3) is 2.07. The SMILES string of the molecule is CC(C)C1CC(c2cccc3c2OCCO3)CN1. The molecule has 98 valence electrons. The molecule has 0 spiro atoms. The molecular weight excluding hydrogens is 226 g/mol. The Morgan fingerprint density at radius 2 is 2.06 bits per heavy atom. The molecule has 0 saturated carbocycles. The fraction of sp³-hybridized carbons (Fsp3) is 0.600. The van der Waals surface area contributed by atoms with Gasteiger partial charge < -0.3 is 14.8 Å². The Morgan fingerprint density at radius 1 is 1.22 bits per heavy atom. The van der Waals surface area contributed by atoms with E-state index in [1.54, 1.807) is 0 Å². The average Bonchev–Trinajstić information content (AvgIpc) is 2.87. The van der Waals surface area contributed by atoms with Gasteiger partial charge in [0, 0.05) is 24.1 Å². The quantitative estimate of drug-likeness (QED) is 0.871. The molecule has 0 bridgehead atoms. The summed E-state index contributed by atoms with van der Waals surface area (Å²) in [6.45, 7) is 6.93. The predicted molar refractivity (Wildman–Crippen MR) is 71.4 cm³/mol. The summed E-state index contributed by atoms with van der Waals surface area (Å²) in [4.78, 5) is 0. The van der Waals surface area contributed by atoms with Gasteiger partial charge in [-0.05, 0) is 18.4 Å². The van der Waals surface area contributed by atoms with Crippen molar-refractivity contribution in [3.05, 3.63) is 23.8 Å². The zero-order valence-corrected chi connectivity index (χ0v) is 11.1. The molecule has 1 saturated heterocycles. The van der Waals surface area contributed by atoms with Crippen LogP contribution in [0, 0.1) is 5.92 Å². The molecule has 0 aromatic heterocycles. The predicted octanol–water partition coefficient (Wildman–Crippen LogP) is 2.56. The summed E-state index contributed by atoms with van der Waals surface area (Å²) in [5.74, 6) is 3.12. The van der Waals surface area contributed by atoms with E-state index in [2.05, 4.69) is 31.3 Å². The fourth-order valence-electron chi connectivity index (χ4n) is 2.93. The monoisotopic (exact) mass is 247 g/mol. The lowest BCUT2D eigenvalue weighted by Gasteiger charge is -2.23. The van der Waals surface area contributed by atoms with Crippen LogP contribution >= 0.6 is 0 Å². The number of hydrogen-bond acceptors (Lipinski definition) is 3. The molecule has 2 aliphatic heterocycles. The number of ether oxygens (including phenoxy) is 2. The minimum atomic E-state index is 0.550. The molecule has 0 radical (unpaired) electrons. The molecule has 3 rings (SSSR count). The number of rotatable bonds is 2. The molecule has 0 amide bonds. The number of benzene rings is 1. The Balaban J connectivity index is 1.85. The second-order valence-electron chi connectivity index (χ2n) is 5.56. The Bertz CT molecular complexity index is 431. The van der Waals surface area contributed by atoms with E-state index in [4.69, 9.17) is 9.47 Å². The van der Waals surface area contributed by atoms with Crippen LogP contribution in [0.5, 0.6) is 11.5 Å². The maximum atomic E-state index is 5.81. The number of para-hydroxylation sites is 1. The van der Waals surface area contributed by atoms with Crippen molar-refractivity contribution in [1.82, 2.24) is 5.32 Å². The van der Waals surface area contributed by atoms with Crippen LogP contribution in [-0.4, -0.2) is 25.8 Å². The maximum Gasteiger partial charge on any atom is 0.164 e. The van der Waals surface area contributed by atoms with Crippen molar-refractivity contribution in [1.29, 1.82) is 0 Å². The van der Waals surface area contributed by atoms with E-state index in [0.29, 0.717) is 31.1 Å². The van der Waals surface area contributed by atoms with E-state index in [0.717, 1.165) is 18.0 Å². The highest BCUT2D eigenvalue weighted by molar-refractivity contribution is 5.49. The Kier molecular flexibility index (Phi) is 3.16. The van der Waals surface area contributed by atoms with E-state index in [-0.39, 0.29) is 0 Å². The van der Waals surface area contributed by atoms with E-state index in [1.165, 1.54) is 12.0 Å².